The third-order valence-electron chi connectivity index (χ3n) is 2.60. The van der Waals surface area contributed by atoms with Gasteiger partial charge in [0.15, 0.2) is 0 Å². The molecule has 2 heterocycles. The molecule has 0 fully saturated rings. The Kier molecular flexibility index (Phi) is 4.47. The summed E-state index contributed by atoms with van der Waals surface area (Å²) in [6.45, 7) is 2.39. The SMILES string of the molecule is CCC(=O)/N=c1\ccccn1Cc1ccc(Cl)nc1. The van der Waals surface area contributed by atoms with E-state index in [1.54, 1.807) is 19.2 Å². The lowest BCUT2D eigenvalue weighted by atomic mass is 10.3. The maximum Gasteiger partial charge on any atom is 0.247 e. The van der Waals surface area contributed by atoms with Crippen LogP contribution in [-0.2, 0) is 11.3 Å². The molecule has 0 unspecified atom stereocenters. The molecule has 0 radical (unpaired) electrons. The standard InChI is InChI=1S/C14H14ClN3O/c1-2-14(19)17-13-5-3-4-8-18(13)10-11-6-7-12(15)16-9-11/h3-9H,2,10H2,1H3/b17-13+. The number of pyridine rings is 2. The molecule has 0 atom stereocenters. The summed E-state index contributed by atoms with van der Waals surface area (Å²) in [4.78, 5) is 19.5. The van der Waals surface area contributed by atoms with Gasteiger partial charge in [0, 0.05) is 18.8 Å². The van der Waals surface area contributed by atoms with Crippen molar-refractivity contribution in [2.75, 3.05) is 0 Å². The molecule has 0 aliphatic heterocycles. The van der Waals surface area contributed by atoms with E-state index in [4.69, 9.17) is 11.6 Å². The molecule has 0 aliphatic carbocycles. The van der Waals surface area contributed by atoms with E-state index in [9.17, 15) is 4.79 Å². The third kappa shape index (κ3) is 3.76. The van der Waals surface area contributed by atoms with Crippen LogP contribution in [0.1, 0.15) is 18.9 Å². The van der Waals surface area contributed by atoms with Crippen molar-refractivity contribution in [3.63, 3.8) is 0 Å². The number of aromatic nitrogens is 2. The van der Waals surface area contributed by atoms with Gasteiger partial charge in [-0.25, -0.2) is 4.98 Å². The fourth-order valence-corrected chi connectivity index (χ4v) is 1.72. The van der Waals surface area contributed by atoms with Gasteiger partial charge >= 0.3 is 0 Å². The number of hydrogen-bond donors (Lipinski definition) is 0. The van der Waals surface area contributed by atoms with Crippen molar-refractivity contribution in [3.8, 4) is 0 Å². The van der Waals surface area contributed by atoms with Gasteiger partial charge in [0.1, 0.15) is 10.6 Å². The number of rotatable bonds is 3. The van der Waals surface area contributed by atoms with Gasteiger partial charge in [-0.1, -0.05) is 30.7 Å². The second kappa shape index (κ2) is 6.29. The van der Waals surface area contributed by atoms with Crippen LogP contribution in [0.3, 0.4) is 0 Å². The zero-order chi connectivity index (χ0) is 13.7. The molecule has 0 spiro atoms. The first-order valence-corrected chi connectivity index (χ1v) is 6.40. The first kappa shape index (κ1) is 13.5. The van der Waals surface area contributed by atoms with Gasteiger partial charge in [-0.15, -0.1) is 0 Å². The maximum atomic E-state index is 11.4. The van der Waals surface area contributed by atoms with E-state index in [1.807, 2.05) is 35.0 Å². The maximum absolute atomic E-state index is 11.4. The zero-order valence-electron chi connectivity index (χ0n) is 10.6. The molecule has 98 valence electrons. The molecule has 0 aliphatic rings. The van der Waals surface area contributed by atoms with E-state index in [0.29, 0.717) is 23.6 Å². The lowest BCUT2D eigenvalue weighted by Crippen LogP contribution is -2.21. The van der Waals surface area contributed by atoms with Crippen LogP contribution in [0.25, 0.3) is 0 Å². The fraction of sp³-hybridized carbons (Fsp3) is 0.214. The second-order valence-corrected chi connectivity index (χ2v) is 4.42. The van der Waals surface area contributed by atoms with Gasteiger partial charge < -0.3 is 4.57 Å². The number of hydrogen-bond acceptors (Lipinski definition) is 2. The second-order valence-electron chi connectivity index (χ2n) is 4.04. The van der Waals surface area contributed by atoms with Crippen LogP contribution in [0.15, 0.2) is 47.7 Å². The Morgan fingerprint density at radius 3 is 2.89 bits per heavy atom. The van der Waals surface area contributed by atoms with Crippen LogP contribution in [0.2, 0.25) is 5.15 Å². The quantitative estimate of drug-likeness (QED) is 0.808. The summed E-state index contributed by atoms with van der Waals surface area (Å²) >= 11 is 5.75. The Balaban J connectivity index is 2.32. The Morgan fingerprint density at radius 1 is 1.37 bits per heavy atom. The minimum Gasteiger partial charge on any atom is -0.328 e. The van der Waals surface area contributed by atoms with Crippen molar-refractivity contribution in [2.45, 2.75) is 19.9 Å². The molecule has 0 N–H and O–H groups in total. The normalized spacial score (nSPS) is 11.6. The molecule has 2 aromatic rings. The van der Waals surface area contributed by atoms with E-state index in [1.165, 1.54) is 0 Å². The van der Waals surface area contributed by atoms with Gasteiger partial charge in [-0.3, -0.25) is 4.79 Å². The average molecular weight is 276 g/mol. The summed E-state index contributed by atoms with van der Waals surface area (Å²) in [5, 5.41) is 0.466. The number of carbonyl (C=O) groups is 1. The molecular weight excluding hydrogens is 262 g/mol. The topological polar surface area (TPSA) is 47.2 Å². The Bertz CT molecular complexity index is 632. The smallest absolute Gasteiger partial charge is 0.247 e. The van der Waals surface area contributed by atoms with E-state index in [0.717, 1.165) is 5.56 Å². The van der Waals surface area contributed by atoms with Crippen molar-refractivity contribution < 1.29 is 4.79 Å². The Hall–Kier alpha value is -1.94. The number of nitrogens with zero attached hydrogens (tertiary/aromatic N) is 3. The minimum absolute atomic E-state index is 0.130. The number of halogens is 1. The summed E-state index contributed by atoms with van der Waals surface area (Å²) in [7, 11) is 0. The number of carbonyl (C=O) groups excluding carboxylic acids is 1. The molecule has 0 saturated heterocycles. The first-order chi connectivity index (χ1) is 9.19. The van der Waals surface area contributed by atoms with Crippen LogP contribution in [0.4, 0.5) is 0 Å². The zero-order valence-corrected chi connectivity index (χ0v) is 11.3. The highest BCUT2D eigenvalue weighted by molar-refractivity contribution is 6.29. The van der Waals surface area contributed by atoms with E-state index >= 15 is 0 Å². The van der Waals surface area contributed by atoms with Gasteiger partial charge in [0.25, 0.3) is 0 Å². The monoisotopic (exact) mass is 275 g/mol. The molecule has 0 saturated carbocycles. The lowest BCUT2D eigenvalue weighted by molar-refractivity contribution is -0.117. The van der Waals surface area contributed by atoms with Crippen molar-refractivity contribution in [3.05, 3.63) is 58.9 Å². The van der Waals surface area contributed by atoms with Crippen molar-refractivity contribution in [2.24, 2.45) is 4.99 Å². The van der Waals surface area contributed by atoms with Crippen LogP contribution in [-0.4, -0.2) is 15.5 Å². The largest absolute Gasteiger partial charge is 0.328 e. The lowest BCUT2D eigenvalue weighted by Gasteiger charge is -2.07. The molecule has 1 amide bonds. The molecule has 0 bridgehead atoms. The van der Waals surface area contributed by atoms with Crippen LogP contribution >= 0.6 is 11.6 Å². The van der Waals surface area contributed by atoms with Crippen LogP contribution < -0.4 is 5.49 Å². The highest BCUT2D eigenvalue weighted by Crippen LogP contribution is 2.06. The Labute approximate surface area is 116 Å². The molecule has 19 heavy (non-hydrogen) atoms. The first-order valence-electron chi connectivity index (χ1n) is 6.02. The summed E-state index contributed by atoms with van der Waals surface area (Å²) in [5.41, 5.74) is 1.64. The Morgan fingerprint density at radius 2 is 2.21 bits per heavy atom. The predicted molar refractivity (Wildman–Crippen MR) is 73.6 cm³/mol. The average Bonchev–Trinajstić information content (AvgIpc) is 2.43. The van der Waals surface area contributed by atoms with E-state index in [2.05, 4.69) is 9.98 Å². The van der Waals surface area contributed by atoms with Crippen molar-refractivity contribution in [1.82, 2.24) is 9.55 Å². The van der Waals surface area contributed by atoms with Gasteiger partial charge in [0.2, 0.25) is 5.91 Å². The highest BCUT2D eigenvalue weighted by Gasteiger charge is 1.99. The fourth-order valence-electron chi connectivity index (χ4n) is 1.61. The van der Waals surface area contributed by atoms with E-state index in [-0.39, 0.29) is 5.91 Å². The molecule has 5 heteroatoms. The predicted octanol–water partition coefficient (Wildman–Crippen LogP) is 2.42. The summed E-state index contributed by atoms with van der Waals surface area (Å²) < 4.78 is 1.90. The highest BCUT2D eigenvalue weighted by atomic mass is 35.5. The summed E-state index contributed by atoms with van der Waals surface area (Å²) in [6.07, 6.45) is 4.00. The van der Waals surface area contributed by atoms with Gasteiger partial charge in [-0.05, 0) is 23.8 Å². The summed E-state index contributed by atoms with van der Waals surface area (Å²) in [6, 6.07) is 9.23. The van der Waals surface area contributed by atoms with Gasteiger partial charge in [-0.2, -0.15) is 4.99 Å². The number of amides is 1. The molecule has 4 nitrogen and oxygen atoms in total. The van der Waals surface area contributed by atoms with Crippen LogP contribution in [0.5, 0.6) is 0 Å². The molecular formula is C14H14ClN3O. The van der Waals surface area contributed by atoms with Crippen molar-refractivity contribution >= 4 is 17.5 Å². The summed E-state index contributed by atoms with van der Waals surface area (Å²) in [5.74, 6) is -0.130. The van der Waals surface area contributed by atoms with Gasteiger partial charge in [0.05, 0.1) is 6.54 Å². The third-order valence-corrected chi connectivity index (χ3v) is 2.82. The van der Waals surface area contributed by atoms with Crippen LogP contribution in [0, 0.1) is 0 Å². The molecule has 0 aromatic carbocycles. The molecule has 2 rings (SSSR count). The minimum atomic E-state index is -0.130. The molecule has 2 aromatic heterocycles. The van der Waals surface area contributed by atoms with Crippen molar-refractivity contribution in [1.29, 1.82) is 0 Å². The van der Waals surface area contributed by atoms with E-state index < -0.39 is 0 Å².